The monoisotopic (exact) mass is 829 g/mol. The molecular formula is C48H79NO8P+. The first-order valence-electron chi connectivity index (χ1n) is 21.7. The average molecular weight is 829 g/mol. The Morgan fingerprint density at radius 3 is 1.69 bits per heavy atom. The van der Waals surface area contributed by atoms with E-state index in [1.54, 1.807) is 0 Å². The van der Waals surface area contributed by atoms with Crippen molar-refractivity contribution in [1.29, 1.82) is 0 Å². The number of nitrogens with zero attached hydrogens (tertiary/aromatic N) is 1. The third kappa shape index (κ3) is 42.3. The second kappa shape index (κ2) is 39.1. The zero-order valence-corrected chi connectivity index (χ0v) is 37.6. The second-order valence-corrected chi connectivity index (χ2v) is 16.5. The lowest BCUT2D eigenvalue weighted by atomic mass is 10.1. The summed E-state index contributed by atoms with van der Waals surface area (Å²) in [6.45, 7) is 4.10. The molecule has 0 spiro atoms. The first kappa shape index (κ1) is 54.7. The number of phosphoric ester groups is 1. The van der Waals surface area contributed by atoms with Gasteiger partial charge >= 0.3 is 19.8 Å². The van der Waals surface area contributed by atoms with Gasteiger partial charge in [0, 0.05) is 12.8 Å². The molecule has 0 aromatic heterocycles. The molecule has 328 valence electrons. The second-order valence-electron chi connectivity index (χ2n) is 15.1. The van der Waals surface area contributed by atoms with E-state index in [-0.39, 0.29) is 26.1 Å². The highest BCUT2D eigenvalue weighted by molar-refractivity contribution is 7.47. The number of likely N-dealkylation sites (N-methyl/N-ethyl adjacent to an activating group) is 1. The maximum absolute atomic E-state index is 12.7. The molecule has 0 bridgehead atoms. The fraction of sp³-hybridized carbons (Fsp3) is 0.583. The number of rotatable bonds is 37. The van der Waals surface area contributed by atoms with Crippen LogP contribution in [-0.2, 0) is 32.7 Å². The van der Waals surface area contributed by atoms with E-state index in [1.807, 2.05) is 63.7 Å². The van der Waals surface area contributed by atoms with Gasteiger partial charge in [-0.2, -0.15) is 0 Å². The van der Waals surface area contributed by atoms with E-state index in [0.717, 1.165) is 64.2 Å². The maximum Gasteiger partial charge on any atom is 0.472 e. The quantitative estimate of drug-likeness (QED) is 0.0165. The van der Waals surface area contributed by atoms with Gasteiger partial charge in [-0.15, -0.1) is 0 Å². The number of quaternary nitrogens is 1. The van der Waals surface area contributed by atoms with E-state index >= 15 is 0 Å². The summed E-state index contributed by atoms with van der Waals surface area (Å²) in [4.78, 5) is 35.3. The van der Waals surface area contributed by atoms with Crippen LogP contribution in [0.1, 0.15) is 129 Å². The topological polar surface area (TPSA) is 108 Å². The number of phosphoric acid groups is 1. The van der Waals surface area contributed by atoms with Gasteiger partial charge in [0.15, 0.2) is 6.10 Å². The number of allylic oxidation sites excluding steroid dienone is 18. The van der Waals surface area contributed by atoms with Gasteiger partial charge in [-0.1, -0.05) is 155 Å². The van der Waals surface area contributed by atoms with Crippen molar-refractivity contribution in [3.8, 4) is 0 Å². The number of unbranched alkanes of at least 4 members (excludes halogenated alkanes) is 8. The third-order valence-corrected chi connectivity index (χ3v) is 9.38. The van der Waals surface area contributed by atoms with Crippen molar-refractivity contribution in [1.82, 2.24) is 0 Å². The van der Waals surface area contributed by atoms with Crippen LogP contribution in [-0.4, -0.2) is 74.9 Å². The number of carbonyl (C=O) groups excluding carboxylic acids is 2. The van der Waals surface area contributed by atoms with Gasteiger partial charge in [0.25, 0.3) is 0 Å². The Hall–Kier alpha value is -3.33. The number of esters is 2. The van der Waals surface area contributed by atoms with Gasteiger partial charge in [0.05, 0.1) is 27.7 Å². The summed E-state index contributed by atoms with van der Waals surface area (Å²) in [5.74, 6) is -0.936. The van der Waals surface area contributed by atoms with Crippen LogP contribution < -0.4 is 0 Å². The number of ether oxygens (including phenoxy) is 2. The molecule has 0 radical (unpaired) electrons. The summed E-state index contributed by atoms with van der Waals surface area (Å²) in [7, 11) is 1.40. The van der Waals surface area contributed by atoms with E-state index < -0.39 is 32.5 Å². The van der Waals surface area contributed by atoms with E-state index in [2.05, 4.69) is 80.7 Å². The molecular weight excluding hydrogens is 750 g/mol. The largest absolute Gasteiger partial charge is 0.472 e. The van der Waals surface area contributed by atoms with Crippen LogP contribution >= 0.6 is 7.82 Å². The Balaban J connectivity index is 4.56. The van der Waals surface area contributed by atoms with E-state index in [1.165, 1.54) is 25.7 Å². The molecule has 0 saturated heterocycles. The fourth-order valence-corrected chi connectivity index (χ4v) is 5.75. The van der Waals surface area contributed by atoms with Gasteiger partial charge in [0.1, 0.15) is 19.8 Å². The van der Waals surface area contributed by atoms with Crippen LogP contribution in [0.5, 0.6) is 0 Å². The zero-order chi connectivity index (χ0) is 42.8. The van der Waals surface area contributed by atoms with Gasteiger partial charge in [0.2, 0.25) is 0 Å². The highest BCUT2D eigenvalue weighted by atomic mass is 31.2. The molecule has 0 aliphatic rings. The molecule has 58 heavy (non-hydrogen) atoms. The lowest BCUT2D eigenvalue weighted by molar-refractivity contribution is -0.870. The predicted molar refractivity (Wildman–Crippen MR) is 242 cm³/mol. The van der Waals surface area contributed by atoms with Crippen LogP contribution in [0.15, 0.2) is 109 Å². The molecule has 2 atom stereocenters. The smallest absolute Gasteiger partial charge is 0.462 e. The van der Waals surface area contributed by atoms with Gasteiger partial charge in [-0.05, 0) is 70.6 Å². The van der Waals surface area contributed by atoms with E-state index in [4.69, 9.17) is 18.5 Å². The number of hydrogen-bond acceptors (Lipinski definition) is 7. The summed E-state index contributed by atoms with van der Waals surface area (Å²) in [6, 6.07) is 0. The van der Waals surface area contributed by atoms with Crippen LogP contribution in [0.2, 0.25) is 0 Å². The lowest BCUT2D eigenvalue weighted by Gasteiger charge is -2.24. The minimum Gasteiger partial charge on any atom is -0.462 e. The minimum atomic E-state index is -4.41. The van der Waals surface area contributed by atoms with Crippen LogP contribution in [0.4, 0.5) is 0 Å². The standard InChI is InChI=1S/C48H78NO8P/c1-6-8-10-12-14-16-18-20-22-23-24-25-27-28-30-32-34-36-38-40-47(50)54-44-46(45-56-58(52,53)55-43-42-49(3,4)5)57-48(51)41-39-37-35-33-31-29-26-21-19-17-15-13-11-9-7-2/h9,11,13-17,19-22,24-26,28,30,34,36,46H,6-8,10,12,18,23,27,29,31-33,35,37-45H2,1-5H3/p+1/b11-9+,15-13+,16-14+,19-17+,22-20+,25-24+,26-21+,30-28+,36-34+/t46-/m1/s1. The summed E-state index contributed by atoms with van der Waals surface area (Å²) < 4.78 is 34.2. The van der Waals surface area contributed by atoms with Gasteiger partial charge < -0.3 is 18.9 Å². The van der Waals surface area contributed by atoms with Crippen molar-refractivity contribution in [3.63, 3.8) is 0 Å². The van der Waals surface area contributed by atoms with Crippen molar-refractivity contribution in [2.24, 2.45) is 0 Å². The van der Waals surface area contributed by atoms with Crippen molar-refractivity contribution in [2.45, 2.75) is 136 Å². The molecule has 9 nitrogen and oxygen atoms in total. The summed E-state index contributed by atoms with van der Waals surface area (Å²) in [5.41, 5.74) is 0. The van der Waals surface area contributed by atoms with Crippen molar-refractivity contribution in [3.05, 3.63) is 109 Å². The van der Waals surface area contributed by atoms with Crippen molar-refractivity contribution < 1.29 is 42.1 Å². The summed E-state index contributed by atoms with van der Waals surface area (Å²) in [5, 5.41) is 0. The fourth-order valence-electron chi connectivity index (χ4n) is 5.00. The van der Waals surface area contributed by atoms with Gasteiger partial charge in [-0.25, -0.2) is 4.57 Å². The molecule has 0 aliphatic heterocycles. The average Bonchev–Trinajstić information content (AvgIpc) is 3.17. The molecule has 1 N–H and O–H groups in total. The van der Waals surface area contributed by atoms with Crippen LogP contribution in [0.25, 0.3) is 0 Å². The molecule has 0 aliphatic carbocycles. The molecule has 0 rings (SSSR count). The molecule has 0 aromatic rings. The van der Waals surface area contributed by atoms with Crippen LogP contribution in [0, 0.1) is 0 Å². The maximum atomic E-state index is 12.7. The SMILES string of the molecule is CC/C=C/C=C/C=C/C=C/CCCCCCCC(=O)O[C@H](COC(=O)CC/C=C/C/C=C/C/C=C/C/C=C/C/C=C/CCCCC)COP(=O)(O)OCC[N+](C)(C)C. The van der Waals surface area contributed by atoms with Crippen molar-refractivity contribution >= 4 is 19.8 Å². The van der Waals surface area contributed by atoms with Crippen molar-refractivity contribution in [2.75, 3.05) is 47.5 Å². The molecule has 1 unspecified atom stereocenters. The molecule has 0 aromatic carbocycles. The predicted octanol–water partition coefficient (Wildman–Crippen LogP) is 12.3. The Bertz CT molecular complexity index is 1350. The van der Waals surface area contributed by atoms with E-state index in [0.29, 0.717) is 23.9 Å². The molecule has 0 fully saturated rings. The Labute approximate surface area is 353 Å². The molecule has 0 saturated carbocycles. The Morgan fingerprint density at radius 1 is 0.569 bits per heavy atom. The molecule has 10 heteroatoms. The van der Waals surface area contributed by atoms with E-state index in [9.17, 15) is 19.0 Å². The normalized spacial score (nSPS) is 14.7. The Kier molecular flexibility index (Phi) is 36.9. The van der Waals surface area contributed by atoms with Crippen LogP contribution in [0.3, 0.4) is 0 Å². The summed E-state index contributed by atoms with van der Waals surface area (Å²) in [6.07, 6.45) is 52.9. The molecule has 0 amide bonds. The molecule has 0 heterocycles. The number of carbonyl (C=O) groups is 2. The van der Waals surface area contributed by atoms with Gasteiger partial charge in [-0.3, -0.25) is 18.6 Å². The zero-order valence-electron chi connectivity index (χ0n) is 36.7. The third-order valence-electron chi connectivity index (χ3n) is 8.40. The Morgan fingerprint density at radius 2 is 1.09 bits per heavy atom. The summed E-state index contributed by atoms with van der Waals surface area (Å²) >= 11 is 0. The first-order chi connectivity index (χ1) is 28.0. The number of hydrogen-bond donors (Lipinski definition) is 1. The first-order valence-corrected chi connectivity index (χ1v) is 23.2. The lowest BCUT2D eigenvalue weighted by Crippen LogP contribution is -2.37. The highest BCUT2D eigenvalue weighted by Gasteiger charge is 2.27. The minimum absolute atomic E-state index is 0.00871. The highest BCUT2D eigenvalue weighted by Crippen LogP contribution is 2.43.